The number of rotatable bonds is 8. The Morgan fingerprint density at radius 1 is 1.20 bits per heavy atom. The lowest BCUT2D eigenvalue weighted by Gasteiger charge is -2.35. The lowest BCUT2D eigenvalue weighted by Crippen LogP contribution is -2.35. The van der Waals surface area contributed by atoms with Crippen molar-refractivity contribution < 1.29 is 19.0 Å². The number of carbonyl (C=O) groups is 1. The molecule has 1 aliphatic rings. The molecule has 1 aromatic heterocycles. The van der Waals surface area contributed by atoms with E-state index < -0.39 is 0 Å². The molecular weight excluding hydrogens is 400 g/mol. The number of nitrogens with one attached hydrogen (secondary N) is 1. The highest BCUT2D eigenvalue weighted by Gasteiger charge is 2.28. The number of aromatic amines is 1. The van der Waals surface area contributed by atoms with Crippen LogP contribution >= 0.6 is 11.8 Å². The third-order valence-corrected chi connectivity index (χ3v) is 6.64. The molecule has 1 aliphatic heterocycles. The Morgan fingerprint density at radius 3 is 2.80 bits per heavy atom. The molecule has 1 N–H and O–H groups in total. The van der Waals surface area contributed by atoms with Crippen LogP contribution < -0.4 is 14.2 Å². The minimum absolute atomic E-state index is 0.0306. The summed E-state index contributed by atoms with van der Waals surface area (Å²) in [6, 6.07) is 10.1. The molecule has 0 unspecified atom stereocenters. The highest BCUT2D eigenvalue weighted by Crippen LogP contribution is 2.41. The number of fused-ring (bicyclic) bond motifs is 2. The summed E-state index contributed by atoms with van der Waals surface area (Å²) in [5.74, 6) is 3.03. The van der Waals surface area contributed by atoms with Crippen LogP contribution in [0.4, 0.5) is 0 Å². The summed E-state index contributed by atoms with van der Waals surface area (Å²) < 4.78 is 16.7. The fourth-order valence-corrected chi connectivity index (χ4v) is 5.13. The summed E-state index contributed by atoms with van der Waals surface area (Å²) in [4.78, 5) is 18.1. The zero-order valence-corrected chi connectivity index (χ0v) is 18.3. The number of amides is 1. The van der Waals surface area contributed by atoms with Crippen molar-refractivity contribution in [1.82, 2.24) is 9.88 Å². The van der Waals surface area contributed by atoms with Crippen LogP contribution in [-0.4, -0.2) is 49.4 Å². The number of H-pyrrole nitrogens is 1. The van der Waals surface area contributed by atoms with Gasteiger partial charge in [-0.2, -0.15) is 0 Å². The molecule has 2 aromatic carbocycles. The molecule has 0 aliphatic carbocycles. The van der Waals surface area contributed by atoms with Gasteiger partial charge in [-0.05, 0) is 54.8 Å². The van der Waals surface area contributed by atoms with E-state index in [2.05, 4.69) is 11.1 Å². The lowest BCUT2D eigenvalue weighted by atomic mass is 9.93. The molecule has 4 rings (SSSR count). The summed E-state index contributed by atoms with van der Waals surface area (Å²) >= 11 is 1.73. The maximum Gasteiger partial charge on any atom is 0.210 e. The first-order chi connectivity index (χ1) is 14.7. The zero-order chi connectivity index (χ0) is 21.1. The standard InChI is InChI=1S/C23H26N2O4S/c1-4-29-22-11-17-15(9-21(22)28-3)7-8-25(14-26)20(17)13-30-23-12-24-19-6-5-16(27-2)10-18(19)23/h5-6,9-12,14,20,24H,4,7-8,13H2,1-3H3/t20-/m1/s1. The fraction of sp³-hybridized carbons (Fsp3) is 0.348. The topological polar surface area (TPSA) is 63.8 Å². The van der Waals surface area contributed by atoms with Crippen LogP contribution in [0, 0.1) is 0 Å². The molecule has 0 spiro atoms. The van der Waals surface area contributed by atoms with Gasteiger partial charge >= 0.3 is 0 Å². The number of hydrogen-bond donors (Lipinski definition) is 1. The monoisotopic (exact) mass is 426 g/mol. The summed E-state index contributed by atoms with van der Waals surface area (Å²) in [6.45, 7) is 3.21. The molecular formula is C23H26N2O4S. The van der Waals surface area contributed by atoms with Crippen molar-refractivity contribution in [2.24, 2.45) is 0 Å². The quantitative estimate of drug-likeness (QED) is 0.426. The van der Waals surface area contributed by atoms with E-state index >= 15 is 0 Å². The van der Waals surface area contributed by atoms with Crippen LogP contribution in [0.5, 0.6) is 17.2 Å². The second-order valence-corrected chi connectivity index (χ2v) is 8.18. The second-order valence-electron chi connectivity index (χ2n) is 7.12. The smallest absolute Gasteiger partial charge is 0.210 e. The Kier molecular flexibility index (Phi) is 6.08. The second kappa shape index (κ2) is 8.92. The molecule has 3 aromatic rings. The van der Waals surface area contributed by atoms with Gasteiger partial charge in [-0.25, -0.2) is 0 Å². The number of hydrogen-bond acceptors (Lipinski definition) is 5. The van der Waals surface area contributed by atoms with Gasteiger partial charge in [0.25, 0.3) is 0 Å². The van der Waals surface area contributed by atoms with Gasteiger partial charge in [0.2, 0.25) is 6.41 Å². The van der Waals surface area contributed by atoms with Crippen molar-refractivity contribution in [3.05, 3.63) is 47.7 Å². The van der Waals surface area contributed by atoms with E-state index in [1.807, 2.05) is 42.3 Å². The number of aromatic nitrogens is 1. The van der Waals surface area contributed by atoms with Crippen molar-refractivity contribution >= 4 is 29.1 Å². The average molecular weight is 427 g/mol. The van der Waals surface area contributed by atoms with Gasteiger partial charge in [0.15, 0.2) is 11.5 Å². The zero-order valence-electron chi connectivity index (χ0n) is 17.4. The van der Waals surface area contributed by atoms with E-state index in [-0.39, 0.29) is 6.04 Å². The number of nitrogens with zero attached hydrogens (tertiary/aromatic N) is 1. The Balaban J connectivity index is 1.65. The molecule has 1 atom stereocenters. The van der Waals surface area contributed by atoms with Crippen molar-refractivity contribution in [3.8, 4) is 17.2 Å². The molecule has 158 valence electrons. The summed E-state index contributed by atoms with van der Waals surface area (Å²) in [5.41, 5.74) is 3.40. The van der Waals surface area contributed by atoms with E-state index in [1.165, 1.54) is 5.56 Å². The van der Waals surface area contributed by atoms with Crippen molar-refractivity contribution in [2.45, 2.75) is 24.3 Å². The highest BCUT2D eigenvalue weighted by molar-refractivity contribution is 7.99. The SMILES string of the molecule is CCOc1cc2c(cc1OC)CCN(C=O)[C@@H]2CSc1c[nH]c2ccc(OC)cc12. The first-order valence-corrected chi connectivity index (χ1v) is 11.0. The Morgan fingerprint density at radius 2 is 2.07 bits per heavy atom. The van der Waals surface area contributed by atoms with Gasteiger partial charge in [0, 0.05) is 34.3 Å². The largest absolute Gasteiger partial charge is 0.497 e. The Bertz CT molecular complexity index is 1050. The maximum atomic E-state index is 11.8. The van der Waals surface area contributed by atoms with Crippen molar-refractivity contribution in [1.29, 1.82) is 0 Å². The van der Waals surface area contributed by atoms with Gasteiger partial charge in [0.05, 0.1) is 26.9 Å². The van der Waals surface area contributed by atoms with E-state index in [0.29, 0.717) is 13.2 Å². The number of thioether (sulfide) groups is 1. The summed E-state index contributed by atoms with van der Waals surface area (Å²) in [7, 11) is 3.33. The average Bonchev–Trinajstić information content (AvgIpc) is 3.19. The molecule has 6 nitrogen and oxygen atoms in total. The van der Waals surface area contributed by atoms with Gasteiger partial charge in [-0.1, -0.05) is 0 Å². The molecule has 0 bridgehead atoms. The molecule has 7 heteroatoms. The number of benzene rings is 2. The molecule has 1 amide bonds. The highest BCUT2D eigenvalue weighted by atomic mass is 32.2. The van der Waals surface area contributed by atoms with Gasteiger partial charge in [-0.3, -0.25) is 4.79 Å². The number of ether oxygens (including phenoxy) is 3. The summed E-state index contributed by atoms with van der Waals surface area (Å²) in [5, 5.41) is 1.12. The maximum absolute atomic E-state index is 11.8. The third kappa shape index (κ3) is 3.81. The van der Waals surface area contributed by atoms with Crippen molar-refractivity contribution in [3.63, 3.8) is 0 Å². The molecule has 0 radical (unpaired) electrons. The lowest BCUT2D eigenvalue weighted by molar-refractivity contribution is -0.120. The minimum Gasteiger partial charge on any atom is -0.497 e. The Labute approximate surface area is 180 Å². The van der Waals surface area contributed by atoms with Crippen LogP contribution in [-0.2, 0) is 11.2 Å². The fourth-order valence-electron chi connectivity index (χ4n) is 3.96. The van der Waals surface area contributed by atoms with Crippen LogP contribution in [0.3, 0.4) is 0 Å². The van der Waals surface area contributed by atoms with Crippen LogP contribution in [0.25, 0.3) is 10.9 Å². The molecule has 0 fully saturated rings. The van der Waals surface area contributed by atoms with E-state index in [9.17, 15) is 4.79 Å². The molecule has 0 saturated heterocycles. The van der Waals surface area contributed by atoms with Crippen LogP contribution in [0.2, 0.25) is 0 Å². The van der Waals surface area contributed by atoms with Gasteiger partial charge in [-0.15, -0.1) is 11.8 Å². The number of carbonyl (C=O) groups excluding carboxylic acids is 1. The van der Waals surface area contributed by atoms with Gasteiger partial charge in [0.1, 0.15) is 5.75 Å². The first kappa shape index (κ1) is 20.5. The predicted molar refractivity (Wildman–Crippen MR) is 119 cm³/mol. The number of methoxy groups -OCH3 is 2. The minimum atomic E-state index is -0.0306. The predicted octanol–water partition coefficient (Wildman–Crippen LogP) is 4.43. The van der Waals surface area contributed by atoms with E-state index in [1.54, 1.807) is 26.0 Å². The normalized spacial score (nSPS) is 15.7. The molecule has 0 saturated carbocycles. The molecule has 30 heavy (non-hydrogen) atoms. The van der Waals surface area contributed by atoms with Crippen LogP contribution in [0.15, 0.2) is 41.4 Å². The first-order valence-electron chi connectivity index (χ1n) is 10.0. The Hall–Kier alpha value is -2.80. The van der Waals surface area contributed by atoms with Crippen molar-refractivity contribution in [2.75, 3.05) is 33.1 Å². The summed E-state index contributed by atoms with van der Waals surface area (Å²) in [6.07, 6.45) is 3.78. The van der Waals surface area contributed by atoms with E-state index in [0.717, 1.165) is 57.2 Å². The van der Waals surface area contributed by atoms with Gasteiger partial charge < -0.3 is 24.1 Å². The molecule has 2 heterocycles. The van der Waals surface area contributed by atoms with Crippen LogP contribution in [0.1, 0.15) is 24.1 Å². The third-order valence-electron chi connectivity index (χ3n) is 5.51. The van der Waals surface area contributed by atoms with E-state index in [4.69, 9.17) is 14.2 Å².